The molecule has 1 unspecified atom stereocenters. The van der Waals surface area contributed by atoms with Crippen molar-refractivity contribution < 1.29 is 4.79 Å². The number of hydrogen-bond donors (Lipinski definition) is 1. The van der Waals surface area contributed by atoms with Crippen LogP contribution in [0.5, 0.6) is 0 Å². The summed E-state index contributed by atoms with van der Waals surface area (Å²) in [6.07, 6.45) is 0.866. The molecular formula is C16H21ClN2OS. The fraction of sp³-hybridized carbons (Fsp3) is 0.312. The van der Waals surface area contributed by atoms with Crippen LogP contribution >= 0.6 is 23.7 Å². The molecule has 0 aliphatic heterocycles. The van der Waals surface area contributed by atoms with Gasteiger partial charge in [-0.2, -0.15) is 0 Å². The van der Waals surface area contributed by atoms with Crippen molar-refractivity contribution in [2.75, 3.05) is 13.6 Å². The van der Waals surface area contributed by atoms with Gasteiger partial charge in [0.25, 0.3) is 0 Å². The van der Waals surface area contributed by atoms with E-state index in [4.69, 9.17) is 5.73 Å². The van der Waals surface area contributed by atoms with E-state index in [0.717, 1.165) is 12.0 Å². The molecule has 0 saturated carbocycles. The van der Waals surface area contributed by atoms with Crippen molar-refractivity contribution in [1.29, 1.82) is 0 Å². The van der Waals surface area contributed by atoms with Crippen molar-refractivity contribution in [1.82, 2.24) is 4.90 Å². The second-order valence-corrected chi connectivity index (χ2v) is 6.16. The molecular weight excluding hydrogens is 304 g/mol. The molecule has 2 rings (SSSR count). The van der Waals surface area contributed by atoms with Gasteiger partial charge in [0.15, 0.2) is 0 Å². The number of nitrogens with two attached hydrogens (primary N) is 1. The molecule has 0 bridgehead atoms. The second kappa shape index (κ2) is 7.59. The summed E-state index contributed by atoms with van der Waals surface area (Å²) in [5.41, 5.74) is 6.10. The standard InChI is InChI=1S/C16H20N2OS.ClH/c1-16(17,13-7-4-3-5-8-13)15(19)18(2)11-10-14-9-6-12-20-14;/h3-9,12H,10-11,17H2,1-2H3;1H. The average molecular weight is 325 g/mol. The molecule has 3 nitrogen and oxygen atoms in total. The molecule has 0 spiro atoms. The van der Waals surface area contributed by atoms with E-state index in [1.165, 1.54) is 4.88 Å². The number of hydrogen-bond acceptors (Lipinski definition) is 3. The lowest BCUT2D eigenvalue weighted by atomic mass is 9.92. The molecule has 21 heavy (non-hydrogen) atoms. The number of thiophene rings is 1. The van der Waals surface area contributed by atoms with E-state index in [2.05, 4.69) is 6.07 Å². The Kier molecular flexibility index (Phi) is 6.40. The minimum atomic E-state index is -0.981. The maximum absolute atomic E-state index is 12.5. The lowest BCUT2D eigenvalue weighted by molar-refractivity contribution is -0.135. The Morgan fingerprint density at radius 2 is 1.90 bits per heavy atom. The number of rotatable bonds is 5. The summed E-state index contributed by atoms with van der Waals surface area (Å²) in [6.45, 7) is 2.45. The van der Waals surface area contributed by atoms with Crippen LogP contribution in [0.4, 0.5) is 0 Å². The van der Waals surface area contributed by atoms with Gasteiger partial charge in [0.05, 0.1) is 0 Å². The highest BCUT2D eigenvalue weighted by molar-refractivity contribution is 7.09. The number of benzene rings is 1. The molecule has 0 radical (unpaired) electrons. The van der Waals surface area contributed by atoms with Gasteiger partial charge in [0, 0.05) is 18.5 Å². The Labute approximate surface area is 136 Å². The number of amides is 1. The van der Waals surface area contributed by atoms with Crippen LogP contribution in [0.1, 0.15) is 17.4 Å². The van der Waals surface area contributed by atoms with Crippen molar-refractivity contribution >= 4 is 29.7 Å². The highest BCUT2D eigenvalue weighted by Crippen LogP contribution is 2.20. The van der Waals surface area contributed by atoms with Crippen LogP contribution < -0.4 is 5.73 Å². The van der Waals surface area contributed by atoms with E-state index >= 15 is 0 Å². The first-order valence-electron chi connectivity index (χ1n) is 6.64. The predicted octanol–water partition coefficient (Wildman–Crippen LogP) is 3.04. The zero-order chi connectivity index (χ0) is 14.6. The smallest absolute Gasteiger partial charge is 0.246 e. The molecule has 5 heteroatoms. The van der Waals surface area contributed by atoms with E-state index in [9.17, 15) is 4.79 Å². The fourth-order valence-corrected chi connectivity index (χ4v) is 2.84. The molecule has 114 valence electrons. The molecule has 2 aromatic rings. The quantitative estimate of drug-likeness (QED) is 0.919. The summed E-state index contributed by atoms with van der Waals surface area (Å²) < 4.78 is 0. The van der Waals surface area contributed by atoms with Crippen molar-refractivity contribution in [3.8, 4) is 0 Å². The number of halogens is 1. The number of likely N-dealkylation sites (N-methyl/N-ethyl adjacent to an activating group) is 1. The largest absolute Gasteiger partial charge is 0.344 e. The van der Waals surface area contributed by atoms with Crippen LogP contribution in [0.2, 0.25) is 0 Å². The third kappa shape index (κ3) is 4.30. The van der Waals surface area contributed by atoms with Gasteiger partial charge >= 0.3 is 0 Å². The Morgan fingerprint density at radius 1 is 1.24 bits per heavy atom. The summed E-state index contributed by atoms with van der Waals surface area (Å²) in [6, 6.07) is 13.6. The molecule has 1 heterocycles. The average Bonchev–Trinajstić information content (AvgIpc) is 2.98. The van der Waals surface area contributed by atoms with Crippen molar-refractivity contribution in [3.63, 3.8) is 0 Å². The van der Waals surface area contributed by atoms with Crippen molar-refractivity contribution in [2.45, 2.75) is 18.9 Å². The van der Waals surface area contributed by atoms with Gasteiger partial charge in [-0.1, -0.05) is 36.4 Å². The SMILES string of the molecule is CN(CCc1cccs1)C(=O)C(C)(N)c1ccccc1.Cl. The normalized spacial score (nSPS) is 13.1. The van der Waals surface area contributed by atoms with Crippen LogP contribution in [-0.2, 0) is 16.8 Å². The number of carbonyl (C=O) groups excluding carboxylic acids is 1. The molecule has 1 amide bonds. The second-order valence-electron chi connectivity index (χ2n) is 5.12. The first kappa shape index (κ1) is 17.7. The Balaban J connectivity index is 0.00000220. The third-order valence-electron chi connectivity index (χ3n) is 3.44. The molecule has 2 N–H and O–H groups in total. The molecule has 0 aliphatic carbocycles. The molecule has 0 fully saturated rings. The predicted molar refractivity (Wildman–Crippen MR) is 90.9 cm³/mol. The minimum Gasteiger partial charge on any atom is -0.344 e. The number of nitrogens with zero attached hydrogens (tertiary/aromatic N) is 1. The van der Waals surface area contributed by atoms with Crippen molar-refractivity contribution in [2.24, 2.45) is 5.73 Å². The van der Waals surface area contributed by atoms with E-state index in [1.807, 2.05) is 48.8 Å². The van der Waals surface area contributed by atoms with Gasteiger partial charge in [-0.25, -0.2) is 0 Å². The molecule has 1 aromatic carbocycles. The Bertz CT molecular complexity index is 555. The summed E-state index contributed by atoms with van der Waals surface area (Å²) >= 11 is 1.71. The highest BCUT2D eigenvalue weighted by Gasteiger charge is 2.32. The number of carbonyl (C=O) groups is 1. The first-order chi connectivity index (χ1) is 9.51. The summed E-state index contributed by atoms with van der Waals surface area (Å²) in [4.78, 5) is 15.5. The maximum atomic E-state index is 12.5. The summed E-state index contributed by atoms with van der Waals surface area (Å²) in [7, 11) is 1.81. The zero-order valence-corrected chi connectivity index (χ0v) is 13.9. The molecule has 1 aromatic heterocycles. The minimum absolute atomic E-state index is 0. The Hall–Kier alpha value is -1.36. The molecule has 0 saturated heterocycles. The van der Waals surface area contributed by atoms with Crippen LogP contribution in [0.25, 0.3) is 0 Å². The van der Waals surface area contributed by atoms with Crippen LogP contribution in [-0.4, -0.2) is 24.4 Å². The van der Waals surface area contributed by atoms with Gasteiger partial charge in [-0.15, -0.1) is 23.7 Å². The van der Waals surface area contributed by atoms with Gasteiger partial charge in [0.2, 0.25) is 5.91 Å². The van der Waals surface area contributed by atoms with E-state index in [-0.39, 0.29) is 18.3 Å². The lowest BCUT2D eigenvalue weighted by Crippen LogP contribution is -2.50. The first-order valence-corrected chi connectivity index (χ1v) is 7.52. The summed E-state index contributed by atoms with van der Waals surface area (Å²) in [5.74, 6) is -0.0553. The van der Waals surface area contributed by atoms with Crippen LogP contribution in [0.15, 0.2) is 47.8 Å². The summed E-state index contributed by atoms with van der Waals surface area (Å²) in [5, 5.41) is 2.05. The van der Waals surface area contributed by atoms with Gasteiger partial charge in [-0.05, 0) is 30.4 Å². The van der Waals surface area contributed by atoms with E-state index in [1.54, 1.807) is 23.2 Å². The Morgan fingerprint density at radius 3 is 2.48 bits per heavy atom. The maximum Gasteiger partial charge on any atom is 0.246 e. The van der Waals surface area contributed by atoms with Gasteiger partial charge < -0.3 is 10.6 Å². The fourth-order valence-electron chi connectivity index (χ4n) is 2.14. The van der Waals surface area contributed by atoms with Gasteiger partial charge in [0.1, 0.15) is 5.54 Å². The third-order valence-corrected chi connectivity index (χ3v) is 4.37. The monoisotopic (exact) mass is 324 g/mol. The molecule has 1 atom stereocenters. The van der Waals surface area contributed by atoms with Crippen LogP contribution in [0.3, 0.4) is 0 Å². The highest BCUT2D eigenvalue weighted by atomic mass is 35.5. The van der Waals surface area contributed by atoms with Crippen molar-refractivity contribution in [3.05, 3.63) is 58.3 Å². The van der Waals surface area contributed by atoms with E-state index < -0.39 is 5.54 Å². The lowest BCUT2D eigenvalue weighted by Gasteiger charge is -2.29. The van der Waals surface area contributed by atoms with Gasteiger partial charge in [-0.3, -0.25) is 4.79 Å². The topological polar surface area (TPSA) is 46.3 Å². The van der Waals surface area contributed by atoms with E-state index in [0.29, 0.717) is 6.54 Å². The molecule has 0 aliphatic rings. The van der Waals surface area contributed by atoms with Crippen LogP contribution in [0, 0.1) is 0 Å². The zero-order valence-electron chi connectivity index (χ0n) is 12.3.